The van der Waals surface area contributed by atoms with E-state index in [0.717, 1.165) is 50.0 Å². The number of rotatable bonds is 14. The molecular formula is C25H39NO6S. The second kappa shape index (κ2) is 15.7. The van der Waals surface area contributed by atoms with E-state index < -0.39 is 6.16 Å². The number of hydrogen-bond donors (Lipinski definition) is 0. The second-order valence-electron chi connectivity index (χ2n) is 8.23. The summed E-state index contributed by atoms with van der Waals surface area (Å²) in [6.45, 7) is 5.93. The molecule has 7 nitrogen and oxygen atoms in total. The van der Waals surface area contributed by atoms with Gasteiger partial charge < -0.3 is 23.8 Å². The predicted octanol–water partition coefficient (Wildman–Crippen LogP) is 6.04. The molecule has 0 bridgehead atoms. The van der Waals surface area contributed by atoms with Gasteiger partial charge in [0.2, 0.25) is 0 Å². The Labute approximate surface area is 202 Å². The van der Waals surface area contributed by atoms with Gasteiger partial charge in [-0.1, -0.05) is 38.8 Å². The molecule has 2 atom stereocenters. The van der Waals surface area contributed by atoms with Crippen LogP contribution in [0.4, 0.5) is 9.59 Å². The summed E-state index contributed by atoms with van der Waals surface area (Å²) in [5.41, 5.74) is 1.23. The Morgan fingerprint density at radius 2 is 1.61 bits per heavy atom. The van der Waals surface area contributed by atoms with Crippen molar-refractivity contribution in [1.82, 2.24) is 4.90 Å². The van der Waals surface area contributed by atoms with Gasteiger partial charge in [-0.2, -0.15) is 11.8 Å². The Hall–Kier alpha value is -2.09. The van der Waals surface area contributed by atoms with Crippen LogP contribution in [0, 0.1) is 0 Å². The van der Waals surface area contributed by atoms with Crippen molar-refractivity contribution in [3.63, 3.8) is 0 Å². The van der Waals surface area contributed by atoms with Crippen molar-refractivity contribution in [2.75, 3.05) is 33.5 Å². The summed E-state index contributed by atoms with van der Waals surface area (Å²) in [6.07, 6.45) is 5.17. The first-order valence-electron chi connectivity index (χ1n) is 12.0. The van der Waals surface area contributed by atoms with Crippen LogP contribution in [0.25, 0.3) is 0 Å². The fraction of sp³-hybridized carbons (Fsp3) is 0.680. The van der Waals surface area contributed by atoms with Gasteiger partial charge in [-0.15, -0.1) is 0 Å². The lowest BCUT2D eigenvalue weighted by Crippen LogP contribution is -2.36. The molecule has 186 valence electrons. The van der Waals surface area contributed by atoms with Crippen LogP contribution in [0.15, 0.2) is 24.3 Å². The van der Waals surface area contributed by atoms with Gasteiger partial charge in [-0.05, 0) is 49.8 Å². The highest BCUT2D eigenvalue weighted by molar-refractivity contribution is 7.99. The maximum Gasteiger partial charge on any atom is 0.508 e. The number of nitrogens with zero attached hydrogens (tertiary/aromatic N) is 1. The van der Waals surface area contributed by atoms with Gasteiger partial charge in [-0.3, -0.25) is 0 Å². The molecule has 0 radical (unpaired) electrons. The standard InChI is InChI=1S/C25H39NO6S/c1-4-6-14-30-24(27)26-18-23(33-19-20-10-12-22(29-3)13-11-20)17-21(26)9-8-16-32-25(28)31-15-7-5-2/h10-13,21,23H,4-9,14-19H2,1-3H3/t21-,23-/m1/s1. The first-order chi connectivity index (χ1) is 16.1. The van der Waals surface area contributed by atoms with E-state index in [9.17, 15) is 9.59 Å². The average Bonchev–Trinajstić information content (AvgIpc) is 3.24. The lowest BCUT2D eigenvalue weighted by Gasteiger charge is -2.23. The SMILES string of the molecule is CCCCOC(=O)OCCC[C@@H]1C[C@@H](SCc2ccc(OC)cc2)CN1C(=O)OCCCC. The van der Waals surface area contributed by atoms with Crippen LogP contribution >= 0.6 is 11.8 Å². The van der Waals surface area contributed by atoms with Gasteiger partial charge in [0, 0.05) is 23.6 Å². The molecule has 8 heteroatoms. The van der Waals surface area contributed by atoms with E-state index >= 15 is 0 Å². The predicted molar refractivity (Wildman–Crippen MR) is 131 cm³/mol. The number of hydrogen-bond acceptors (Lipinski definition) is 7. The molecule has 0 N–H and O–H groups in total. The number of benzene rings is 1. The zero-order valence-corrected chi connectivity index (χ0v) is 21.1. The highest BCUT2D eigenvalue weighted by Gasteiger charge is 2.36. The lowest BCUT2D eigenvalue weighted by molar-refractivity contribution is 0.0510. The van der Waals surface area contributed by atoms with E-state index in [1.807, 2.05) is 35.7 Å². The highest BCUT2D eigenvalue weighted by Crippen LogP contribution is 2.32. The third kappa shape index (κ3) is 10.2. The van der Waals surface area contributed by atoms with Crippen LogP contribution < -0.4 is 4.74 Å². The molecule has 1 aromatic carbocycles. The van der Waals surface area contributed by atoms with Crippen LogP contribution in [-0.2, 0) is 20.0 Å². The number of ether oxygens (including phenoxy) is 4. The smallest absolute Gasteiger partial charge is 0.497 e. The van der Waals surface area contributed by atoms with E-state index in [1.54, 1.807) is 7.11 Å². The number of unbranched alkanes of at least 4 members (excludes halogenated alkanes) is 2. The Kier molecular flexibility index (Phi) is 12.9. The highest BCUT2D eigenvalue weighted by atomic mass is 32.2. The summed E-state index contributed by atoms with van der Waals surface area (Å²) in [7, 11) is 1.66. The average molecular weight is 482 g/mol. The molecule has 1 heterocycles. The molecule has 2 rings (SSSR count). The molecule has 1 aliphatic heterocycles. The quantitative estimate of drug-likeness (QED) is 0.237. The Bertz CT molecular complexity index is 699. The number of thioether (sulfide) groups is 1. The van der Waals surface area contributed by atoms with Gasteiger partial charge in [-0.25, -0.2) is 9.59 Å². The summed E-state index contributed by atoms with van der Waals surface area (Å²) < 4.78 is 20.9. The van der Waals surface area contributed by atoms with E-state index in [2.05, 4.69) is 19.1 Å². The molecular weight excluding hydrogens is 442 g/mol. The molecule has 0 saturated carbocycles. The van der Waals surface area contributed by atoms with Crippen LogP contribution in [0.5, 0.6) is 5.75 Å². The minimum atomic E-state index is -0.612. The number of carbonyl (C=O) groups is 2. The van der Waals surface area contributed by atoms with E-state index in [-0.39, 0.29) is 12.1 Å². The first-order valence-corrected chi connectivity index (χ1v) is 13.1. The van der Waals surface area contributed by atoms with Crippen LogP contribution in [0.2, 0.25) is 0 Å². The summed E-state index contributed by atoms with van der Waals surface area (Å²) >= 11 is 1.86. The number of amides is 1. The number of methoxy groups -OCH3 is 1. The van der Waals surface area contributed by atoms with Crippen LogP contribution in [0.3, 0.4) is 0 Å². The molecule has 0 unspecified atom stereocenters. The molecule has 1 fully saturated rings. The molecule has 1 aliphatic rings. The topological polar surface area (TPSA) is 74.3 Å². The van der Waals surface area contributed by atoms with Crippen molar-refractivity contribution < 1.29 is 28.5 Å². The van der Waals surface area contributed by atoms with Crippen molar-refractivity contribution in [3.05, 3.63) is 29.8 Å². The third-order valence-corrected chi connectivity index (χ3v) is 6.91. The second-order valence-corrected chi connectivity index (χ2v) is 9.52. The molecule has 0 spiro atoms. The first kappa shape index (κ1) is 27.2. The van der Waals surface area contributed by atoms with E-state index in [0.29, 0.717) is 38.0 Å². The number of likely N-dealkylation sites (tertiary alicyclic amines) is 1. The van der Waals surface area contributed by atoms with Crippen LogP contribution in [0.1, 0.15) is 64.4 Å². The Balaban J connectivity index is 1.82. The minimum Gasteiger partial charge on any atom is -0.497 e. The summed E-state index contributed by atoms with van der Waals surface area (Å²) in [4.78, 5) is 26.2. The third-order valence-electron chi connectivity index (χ3n) is 5.60. The van der Waals surface area contributed by atoms with Gasteiger partial charge >= 0.3 is 12.2 Å². The largest absolute Gasteiger partial charge is 0.508 e. The van der Waals surface area contributed by atoms with Gasteiger partial charge in [0.25, 0.3) is 0 Å². The van der Waals surface area contributed by atoms with Gasteiger partial charge in [0.05, 0.1) is 26.9 Å². The minimum absolute atomic E-state index is 0.0900. The lowest BCUT2D eigenvalue weighted by atomic mass is 10.1. The molecule has 1 saturated heterocycles. The van der Waals surface area contributed by atoms with Crippen molar-refractivity contribution in [1.29, 1.82) is 0 Å². The molecule has 0 aromatic heterocycles. The monoisotopic (exact) mass is 481 g/mol. The van der Waals surface area contributed by atoms with Gasteiger partial charge in [0.1, 0.15) is 5.75 Å². The zero-order chi connectivity index (χ0) is 23.9. The van der Waals surface area contributed by atoms with Crippen molar-refractivity contribution in [2.24, 2.45) is 0 Å². The van der Waals surface area contributed by atoms with Crippen molar-refractivity contribution in [2.45, 2.75) is 75.8 Å². The molecule has 33 heavy (non-hydrogen) atoms. The van der Waals surface area contributed by atoms with E-state index in [4.69, 9.17) is 18.9 Å². The molecule has 1 amide bonds. The van der Waals surface area contributed by atoms with E-state index in [1.165, 1.54) is 5.56 Å². The Morgan fingerprint density at radius 3 is 2.24 bits per heavy atom. The fourth-order valence-electron chi connectivity index (χ4n) is 3.63. The summed E-state index contributed by atoms with van der Waals surface area (Å²) in [6, 6.07) is 8.18. The Morgan fingerprint density at radius 1 is 0.970 bits per heavy atom. The summed E-state index contributed by atoms with van der Waals surface area (Å²) in [5.74, 6) is 1.73. The van der Waals surface area contributed by atoms with Crippen molar-refractivity contribution in [3.8, 4) is 5.75 Å². The maximum absolute atomic E-state index is 12.7. The molecule has 1 aromatic rings. The van der Waals surface area contributed by atoms with Gasteiger partial charge in [0.15, 0.2) is 0 Å². The van der Waals surface area contributed by atoms with Crippen molar-refractivity contribution >= 4 is 24.0 Å². The zero-order valence-electron chi connectivity index (χ0n) is 20.3. The van der Waals surface area contributed by atoms with Crippen LogP contribution in [-0.4, -0.2) is 61.9 Å². The molecule has 0 aliphatic carbocycles. The number of carbonyl (C=O) groups excluding carboxylic acids is 2. The maximum atomic E-state index is 12.7. The fourth-order valence-corrected chi connectivity index (χ4v) is 4.88. The summed E-state index contributed by atoms with van der Waals surface area (Å²) in [5, 5.41) is 0.343. The normalized spacial score (nSPS) is 17.6.